The number of hydrogen-bond acceptors (Lipinski definition) is 1. The monoisotopic (exact) mass is 285 g/mol. The van der Waals surface area contributed by atoms with E-state index in [4.69, 9.17) is 0 Å². The molecule has 0 radical (unpaired) electrons. The molecule has 0 aliphatic rings. The third-order valence-corrected chi connectivity index (χ3v) is 5.26. The molecule has 0 aromatic heterocycles. The van der Waals surface area contributed by atoms with Gasteiger partial charge in [0.1, 0.15) is 0 Å². The highest BCUT2D eigenvalue weighted by molar-refractivity contribution is 6.88. The Morgan fingerprint density at radius 2 is 1.40 bits per heavy atom. The van der Waals surface area contributed by atoms with Crippen molar-refractivity contribution in [2.75, 3.05) is 4.90 Å². The van der Waals surface area contributed by atoms with Crippen molar-refractivity contribution in [2.45, 2.75) is 19.6 Å². The number of hydrogen-bond donors (Lipinski definition) is 1. The van der Waals surface area contributed by atoms with E-state index in [-0.39, 0.29) is 0 Å². The van der Waals surface area contributed by atoms with Crippen LogP contribution in [0.2, 0.25) is 19.6 Å². The minimum absolute atomic E-state index is 0.653. The van der Waals surface area contributed by atoms with Crippen LogP contribution < -0.4 is 10.1 Å². The molecule has 0 unspecified atom stereocenters. The first kappa shape index (κ1) is 14.3. The van der Waals surface area contributed by atoms with Crippen LogP contribution in [0.25, 0.3) is 0 Å². The average molecular weight is 285 g/mol. The second-order valence-corrected chi connectivity index (χ2v) is 10.8. The van der Waals surface area contributed by atoms with E-state index in [0.717, 1.165) is 0 Å². The van der Waals surface area contributed by atoms with Gasteiger partial charge in [-0.25, -0.2) is 9.69 Å². The lowest BCUT2D eigenvalue weighted by atomic mass is 10.2. The molecule has 20 heavy (non-hydrogen) atoms. The Kier molecular flexibility index (Phi) is 3.95. The topological polar surface area (TPSA) is 40.5 Å². The van der Waals surface area contributed by atoms with Gasteiger partial charge in [-0.15, -0.1) is 0 Å². The Balaban J connectivity index is 2.39. The molecule has 0 aliphatic heterocycles. The van der Waals surface area contributed by atoms with Gasteiger partial charge in [-0.1, -0.05) is 55.2 Å². The Hall–Kier alpha value is -2.07. The van der Waals surface area contributed by atoms with E-state index < -0.39 is 14.2 Å². The first-order valence-corrected chi connectivity index (χ1v) is 10.1. The molecule has 2 aromatic rings. The highest BCUT2D eigenvalue weighted by Gasteiger charge is 2.19. The summed E-state index contributed by atoms with van der Waals surface area (Å²) < 4.78 is 0. The van der Waals surface area contributed by atoms with Crippen LogP contribution in [0.4, 0.5) is 16.2 Å². The number of rotatable bonds is 3. The third kappa shape index (κ3) is 3.08. The number of carbonyl (C=O) groups is 1. The molecular weight excluding hydrogens is 266 g/mol. The van der Waals surface area contributed by atoms with E-state index in [1.54, 1.807) is 12.1 Å². The average Bonchev–Trinajstić information content (AvgIpc) is 2.39. The summed E-state index contributed by atoms with van der Waals surface area (Å²) in [5.74, 6) is 0. The second kappa shape index (κ2) is 5.51. The van der Waals surface area contributed by atoms with Crippen LogP contribution in [-0.2, 0) is 0 Å². The quantitative estimate of drug-likeness (QED) is 0.864. The minimum atomic E-state index is -1.36. The maximum Gasteiger partial charge on any atom is 0.416 e. The molecule has 1 N–H and O–H groups in total. The van der Waals surface area contributed by atoms with Gasteiger partial charge in [0.15, 0.2) is 0 Å². The molecule has 0 aliphatic carbocycles. The summed E-state index contributed by atoms with van der Waals surface area (Å²) in [5.41, 5.74) is 1.33. The number of nitrogens with zero attached hydrogens (tertiary/aromatic N) is 1. The summed E-state index contributed by atoms with van der Waals surface area (Å²) in [4.78, 5) is 12.8. The second-order valence-electron chi connectivity index (χ2n) is 5.75. The molecule has 1 amide bonds. The fourth-order valence-electron chi connectivity index (χ4n) is 2.06. The Morgan fingerprint density at radius 1 is 0.900 bits per heavy atom. The summed E-state index contributed by atoms with van der Waals surface area (Å²) in [6.07, 6.45) is -0.975. The van der Waals surface area contributed by atoms with E-state index in [1.165, 1.54) is 10.1 Å². The van der Waals surface area contributed by atoms with Crippen LogP contribution >= 0.6 is 0 Å². The predicted molar refractivity (Wildman–Crippen MR) is 86.0 cm³/mol. The Labute approximate surface area is 120 Å². The van der Waals surface area contributed by atoms with Crippen LogP contribution in [0.3, 0.4) is 0 Å². The van der Waals surface area contributed by atoms with Crippen LogP contribution in [0.15, 0.2) is 54.6 Å². The van der Waals surface area contributed by atoms with Gasteiger partial charge >= 0.3 is 6.09 Å². The highest BCUT2D eigenvalue weighted by atomic mass is 28.3. The summed E-state index contributed by atoms with van der Waals surface area (Å²) in [6.45, 7) is 6.82. The molecule has 104 valence electrons. The van der Waals surface area contributed by atoms with Crippen molar-refractivity contribution in [1.82, 2.24) is 0 Å². The summed E-state index contributed by atoms with van der Waals surface area (Å²) in [5, 5.41) is 10.8. The summed E-state index contributed by atoms with van der Waals surface area (Å²) in [6, 6.07) is 17.0. The van der Waals surface area contributed by atoms with Crippen molar-refractivity contribution in [3.05, 3.63) is 54.6 Å². The van der Waals surface area contributed by atoms with Gasteiger partial charge in [-0.05, 0) is 24.3 Å². The van der Waals surface area contributed by atoms with E-state index in [0.29, 0.717) is 11.4 Å². The van der Waals surface area contributed by atoms with Crippen LogP contribution in [-0.4, -0.2) is 19.3 Å². The standard InChI is InChI=1S/C16H19NO2Si/c1-20(2,3)15-11-9-14(10-12-15)17(16(18)19)13-7-5-4-6-8-13/h4-12H,1-3H3,(H,18,19). The summed E-state index contributed by atoms with van der Waals surface area (Å²) in [7, 11) is -1.36. The number of anilines is 2. The Bertz CT molecular complexity index is 588. The van der Waals surface area contributed by atoms with Gasteiger partial charge < -0.3 is 5.11 Å². The van der Waals surface area contributed by atoms with Gasteiger partial charge in [0.05, 0.1) is 19.4 Å². The third-order valence-electron chi connectivity index (χ3n) is 3.20. The molecule has 3 nitrogen and oxygen atoms in total. The van der Waals surface area contributed by atoms with Crippen molar-refractivity contribution in [3.63, 3.8) is 0 Å². The lowest BCUT2D eigenvalue weighted by molar-refractivity contribution is 0.205. The minimum Gasteiger partial charge on any atom is -0.464 e. The molecule has 0 saturated heterocycles. The van der Waals surface area contributed by atoms with Crippen LogP contribution in [0.1, 0.15) is 0 Å². The molecule has 0 saturated carbocycles. The van der Waals surface area contributed by atoms with Gasteiger partial charge in [0.2, 0.25) is 0 Å². The molecule has 2 rings (SSSR count). The highest BCUT2D eigenvalue weighted by Crippen LogP contribution is 2.24. The first-order valence-electron chi connectivity index (χ1n) is 6.58. The van der Waals surface area contributed by atoms with Crippen LogP contribution in [0, 0.1) is 0 Å². The SMILES string of the molecule is C[Si](C)(C)c1ccc(N(C(=O)O)c2ccccc2)cc1. The molecule has 0 bridgehead atoms. The van der Waals surface area contributed by atoms with Crippen LogP contribution in [0.5, 0.6) is 0 Å². The summed E-state index contributed by atoms with van der Waals surface area (Å²) >= 11 is 0. The maximum absolute atomic E-state index is 11.5. The number of benzene rings is 2. The lowest BCUT2D eigenvalue weighted by Crippen LogP contribution is -2.37. The van der Waals surface area contributed by atoms with E-state index >= 15 is 0 Å². The molecule has 0 spiro atoms. The van der Waals surface area contributed by atoms with E-state index in [9.17, 15) is 9.90 Å². The predicted octanol–water partition coefficient (Wildman–Crippen LogP) is 4.05. The Morgan fingerprint density at radius 3 is 1.85 bits per heavy atom. The molecule has 4 heteroatoms. The molecule has 0 heterocycles. The fraction of sp³-hybridized carbons (Fsp3) is 0.188. The molecule has 0 atom stereocenters. The lowest BCUT2D eigenvalue weighted by Gasteiger charge is -2.21. The largest absolute Gasteiger partial charge is 0.464 e. The zero-order valence-corrected chi connectivity index (χ0v) is 13.0. The smallest absolute Gasteiger partial charge is 0.416 e. The van der Waals surface area contributed by atoms with E-state index in [1.807, 2.05) is 42.5 Å². The molecular formula is C16H19NO2Si. The van der Waals surface area contributed by atoms with Crippen molar-refractivity contribution in [3.8, 4) is 0 Å². The molecule has 0 fully saturated rings. The number of amides is 1. The van der Waals surface area contributed by atoms with Crippen molar-refractivity contribution in [2.24, 2.45) is 0 Å². The van der Waals surface area contributed by atoms with E-state index in [2.05, 4.69) is 19.6 Å². The van der Waals surface area contributed by atoms with Crippen molar-refractivity contribution in [1.29, 1.82) is 0 Å². The van der Waals surface area contributed by atoms with Gasteiger partial charge in [-0.3, -0.25) is 0 Å². The fourth-order valence-corrected chi connectivity index (χ4v) is 3.22. The van der Waals surface area contributed by atoms with Gasteiger partial charge in [0.25, 0.3) is 0 Å². The van der Waals surface area contributed by atoms with Gasteiger partial charge in [-0.2, -0.15) is 0 Å². The van der Waals surface area contributed by atoms with Crippen molar-refractivity contribution < 1.29 is 9.90 Å². The number of carboxylic acid groups (broad SMARTS) is 1. The molecule has 2 aromatic carbocycles. The normalized spacial score (nSPS) is 11.2. The van der Waals surface area contributed by atoms with Gasteiger partial charge in [0, 0.05) is 0 Å². The zero-order valence-electron chi connectivity index (χ0n) is 12.0. The number of para-hydroxylation sites is 1. The first-order chi connectivity index (χ1) is 9.39. The maximum atomic E-state index is 11.5. The zero-order chi connectivity index (χ0) is 14.8. The van der Waals surface area contributed by atoms with Crippen molar-refractivity contribution >= 4 is 30.7 Å².